The van der Waals surface area contributed by atoms with Crippen LogP contribution >= 0.6 is 0 Å². The van der Waals surface area contributed by atoms with E-state index in [-0.39, 0.29) is 11.6 Å². The molecule has 1 aromatic carbocycles. The summed E-state index contributed by atoms with van der Waals surface area (Å²) < 4.78 is 0. The Hall–Kier alpha value is -0.860. The van der Waals surface area contributed by atoms with E-state index in [1.165, 1.54) is 18.4 Å². The van der Waals surface area contributed by atoms with E-state index in [1.807, 2.05) is 6.07 Å². The van der Waals surface area contributed by atoms with Crippen LogP contribution in [-0.4, -0.2) is 11.6 Å². The minimum atomic E-state index is -0.223. The molecular formula is C14H22N2. The van der Waals surface area contributed by atoms with E-state index < -0.39 is 0 Å². The second-order valence-corrected chi connectivity index (χ2v) is 5.10. The van der Waals surface area contributed by atoms with Crippen LogP contribution in [0.2, 0.25) is 0 Å². The Kier molecular flexibility index (Phi) is 3.31. The highest BCUT2D eigenvalue weighted by Gasteiger charge is 2.40. The van der Waals surface area contributed by atoms with Crippen LogP contribution in [0.5, 0.6) is 0 Å². The molecule has 1 aliphatic carbocycles. The maximum Gasteiger partial charge on any atom is 0.0374 e. The topological polar surface area (TPSA) is 52.0 Å². The first-order valence-corrected chi connectivity index (χ1v) is 6.24. The lowest BCUT2D eigenvalue weighted by atomic mass is 9.69. The molecule has 2 heteroatoms. The van der Waals surface area contributed by atoms with E-state index in [1.54, 1.807) is 0 Å². The summed E-state index contributed by atoms with van der Waals surface area (Å²) >= 11 is 0. The number of benzene rings is 1. The van der Waals surface area contributed by atoms with E-state index in [0.717, 1.165) is 12.8 Å². The van der Waals surface area contributed by atoms with Crippen LogP contribution in [0.15, 0.2) is 30.3 Å². The lowest BCUT2D eigenvalue weighted by Crippen LogP contribution is -2.60. The molecule has 0 radical (unpaired) electrons. The summed E-state index contributed by atoms with van der Waals surface area (Å²) in [6.07, 6.45) is 4.54. The minimum Gasteiger partial charge on any atom is -0.326 e. The molecule has 3 atom stereocenters. The van der Waals surface area contributed by atoms with E-state index >= 15 is 0 Å². The SMILES string of the molecule is CC(c1ccccc1)C1(N)CCCCC1N. The standard InChI is InChI=1S/C14H22N2/c1-11(12-7-3-2-4-8-12)14(16)10-6-5-9-13(14)15/h2-4,7-8,11,13H,5-6,9-10,15-16H2,1H3. The van der Waals surface area contributed by atoms with Gasteiger partial charge in [0.2, 0.25) is 0 Å². The van der Waals surface area contributed by atoms with Gasteiger partial charge in [-0.15, -0.1) is 0 Å². The Bertz CT molecular complexity index is 336. The third kappa shape index (κ3) is 2.00. The maximum absolute atomic E-state index is 6.55. The fourth-order valence-electron chi connectivity index (χ4n) is 2.84. The van der Waals surface area contributed by atoms with E-state index in [2.05, 4.69) is 31.2 Å². The Morgan fingerprint density at radius 3 is 2.56 bits per heavy atom. The zero-order valence-electron chi connectivity index (χ0n) is 10.0. The smallest absolute Gasteiger partial charge is 0.0374 e. The summed E-state index contributed by atoms with van der Waals surface area (Å²) in [6.45, 7) is 2.21. The molecule has 0 aromatic heterocycles. The molecule has 1 fully saturated rings. The lowest BCUT2D eigenvalue weighted by molar-refractivity contribution is 0.218. The molecule has 88 valence electrons. The molecule has 1 aromatic rings. The second kappa shape index (κ2) is 4.56. The van der Waals surface area contributed by atoms with Crippen molar-refractivity contribution in [3.8, 4) is 0 Å². The Labute approximate surface area is 98.0 Å². The van der Waals surface area contributed by atoms with Crippen molar-refractivity contribution in [1.29, 1.82) is 0 Å². The van der Waals surface area contributed by atoms with Gasteiger partial charge in [-0.3, -0.25) is 0 Å². The fourth-order valence-corrected chi connectivity index (χ4v) is 2.84. The van der Waals surface area contributed by atoms with Crippen molar-refractivity contribution in [2.24, 2.45) is 11.5 Å². The number of hydrogen-bond acceptors (Lipinski definition) is 2. The number of nitrogens with two attached hydrogens (primary N) is 2. The van der Waals surface area contributed by atoms with Crippen molar-refractivity contribution in [3.05, 3.63) is 35.9 Å². The van der Waals surface area contributed by atoms with Crippen LogP contribution in [0.25, 0.3) is 0 Å². The van der Waals surface area contributed by atoms with Crippen molar-refractivity contribution in [1.82, 2.24) is 0 Å². The van der Waals surface area contributed by atoms with Gasteiger partial charge in [0, 0.05) is 17.5 Å². The highest BCUT2D eigenvalue weighted by molar-refractivity contribution is 5.24. The quantitative estimate of drug-likeness (QED) is 0.800. The number of rotatable bonds is 2. The molecule has 0 spiro atoms. The van der Waals surface area contributed by atoms with Gasteiger partial charge in [-0.25, -0.2) is 0 Å². The van der Waals surface area contributed by atoms with Crippen LogP contribution in [0.3, 0.4) is 0 Å². The predicted octanol–water partition coefficient (Wildman–Crippen LogP) is 2.39. The van der Waals surface area contributed by atoms with Crippen molar-refractivity contribution >= 4 is 0 Å². The molecule has 4 N–H and O–H groups in total. The molecule has 0 amide bonds. The third-order valence-electron chi connectivity index (χ3n) is 4.17. The zero-order chi connectivity index (χ0) is 11.6. The van der Waals surface area contributed by atoms with Crippen LogP contribution in [-0.2, 0) is 0 Å². The summed E-state index contributed by atoms with van der Waals surface area (Å²) in [4.78, 5) is 0. The molecule has 2 rings (SSSR count). The Morgan fingerprint density at radius 1 is 1.25 bits per heavy atom. The summed E-state index contributed by atoms with van der Waals surface area (Å²) in [5.74, 6) is 0.337. The first-order valence-electron chi connectivity index (χ1n) is 6.24. The van der Waals surface area contributed by atoms with Gasteiger partial charge >= 0.3 is 0 Å². The summed E-state index contributed by atoms with van der Waals surface area (Å²) in [6, 6.07) is 10.6. The molecule has 2 nitrogen and oxygen atoms in total. The molecule has 0 aliphatic heterocycles. The average molecular weight is 218 g/mol. The van der Waals surface area contributed by atoms with Crippen molar-refractivity contribution < 1.29 is 0 Å². The van der Waals surface area contributed by atoms with Crippen LogP contribution in [0, 0.1) is 0 Å². The van der Waals surface area contributed by atoms with Gasteiger partial charge in [0.25, 0.3) is 0 Å². The van der Waals surface area contributed by atoms with Crippen LogP contribution in [0.1, 0.15) is 44.1 Å². The molecule has 1 saturated carbocycles. The molecule has 0 heterocycles. The van der Waals surface area contributed by atoms with Gasteiger partial charge in [-0.2, -0.15) is 0 Å². The summed E-state index contributed by atoms with van der Waals surface area (Å²) in [5.41, 5.74) is 13.9. The summed E-state index contributed by atoms with van der Waals surface area (Å²) in [7, 11) is 0. The van der Waals surface area contributed by atoms with Gasteiger partial charge in [0.05, 0.1) is 0 Å². The largest absolute Gasteiger partial charge is 0.326 e. The highest BCUT2D eigenvalue weighted by atomic mass is 14.9. The second-order valence-electron chi connectivity index (χ2n) is 5.10. The first-order chi connectivity index (χ1) is 7.64. The van der Waals surface area contributed by atoms with Crippen molar-refractivity contribution in [3.63, 3.8) is 0 Å². The van der Waals surface area contributed by atoms with E-state index in [0.29, 0.717) is 5.92 Å². The van der Waals surface area contributed by atoms with Gasteiger partial charge in [0.15, 0.2) is 0 Å². The monoisotopic (exact) mass is 218 g/mol. The Balaban J connectivity index is 2.22. The van der Waals surface area contributed by atoms with Crippen LogP contribution < -0.4 is 11.5 Å². The Morgan fingerprint density at radius 2 is 1.94 bits per heavy atom. The van der Waals surface area contributed by atoms with E-state index in [4.69, 9.17) is 11.5 Å². The third-order valence-corrected chi connectivity index (χ3v) is 4.17. The van der Waals surface area contributed by atoms with Crippen molar-refractivity contribution in [2.75, 3.05) is 0 Å². The van der Waals surface area contributed by atoms with Gasteiger partial charge in [-0.05, 0) is 18.4 Å². The first kappa shape index (κ1) is 11.6. The number of hydrogen-bond donors (Lipinski definition) is 2. The van der Waals surface area contributed by atoms with E-state index in [9.17, 15) is 0 Å². The maximum atomic E-state index is 6.55. The van der Waals surface area contributed by atoms with Gasteiger partial charge < -0.3 is 11.5 Å². The van der Waals surface area contributed by atoms with Gasteiger partial charge in [0.1, 0.15) is 0 Å². The molecule has 3 unspecified atom stereocenters. The molecule has 16 heavy (non-hydrogen) atoms. The van der Waals surface area contributed by atoms with Gasteiger partial charge in [-0.1, -0.05) is 50.1 Å². The normalized spacial score (nSPS) is 32.3. The fraction of sp³-hybridized carbons (Fsp3) is 0.571. The zero-order valence-corrected chi connectivity index (χ0v) is 10.0. The molecular weight excluding hydrogens is 196 g/mol. The van der Waals surface area contributed by atoms with Crippen LogP contribution in [0.4, 0.5) is 0 Å². The molecule has 0 bridgehead atoms. The molecule has 1 aliphatic rings. The average Bonchev–Trinajstić information content (AvgIpc) is 2.33. The highest BCUT2D eigenvalue weighted by Crippen LogP contribution is 2.36. The minimum absolute atomic E-state index is 0.136. The summed E-state index contributed by atoms with van der Waals surface area (Å²) in [5, 5.41) is 0. The predicted molar refractivity (Wildman–Crippen MR) is 68.2 cm³/mol. The van der Waals surface area contributed by atoms with Crippen molar-refractivity contribution in [2.45, 2.75) is 50.1 Å². The lowest BCUT2D eigenvalue weighted by Gasteiger charge is -2.44. The molecule has 0 saturated heterocycles.